The first kappa shape index (κ1) is 61.7. The molecule has 12 aromatic carbocycles. The van der Waals surface area contributed by atoms with Crippen molar-refractivity contribution in [3.8, 4) is 44.5 Å². The Labute approximate surface area is 589 Å². The Bertz CT molecular complexity index is 5920. The predicted octanol–water partition coefficient (Wildman–Crippen LogP) is 20.2. The molecule has 0 saturated carbocycles. The van der Waals surface area contributed by atoms with Crippen LogP contribution >= 0.6 is 0 Å². The molecule has 8 nitrogen and oxygen atoms in total. The summed E-state index contributed by atoms with van der Waals surface area (Å²) in [6.45, 7) is 0. The van der Waals surface area contributed by atoms with Crippen LogP contribution in [0.4, 0.5) is 0 Å². The van der Waals surface area contributed by atoms with E-state index in [1.807, 2.05) is 84.9 Å². The van der Waals surface area contributed by atoms with Crippen molar-refractivity contribution in [2.45, 2.75) is 0 Å². The van der Waals surface area contributed by atoms with Crippen LogP contribution in [0.15, 0.2) is 373 Å². The third kappa shape index (κ3) is 11.0. The Morgan fingerprint density at radius 2 is 0.431 bits per heavy atom. The fraction of sp³-hybridized carbons (Fsp3) is 0. The smallest absolute Gasteiger partial charge is 0.335 e. The molecule has 4 N–H and O–H groups in total. The molecule has 2 aromatic heterocycles. The van der Waals surface area contributed by atoms with Gasteiger partial charge in [-0.3, -0.25) is 0 Å². The van der Waals surface area contributed by atoms with E-state index >= 15 is 0 Å². The molecule has 482 valence electrons. The minimum Gasteiger partial charge on any atom is -0.478 e. The minimum absolute atomic E-state index is 0.136. The number of aromatic nitrogens is 2. The molecule has 0 spiro atoms. The number of nitrogens with one attached hydrogen (secondary N) is 2. The van der Waals surface area contributed by atoms with E-state index < -0.39 is 11.9 Å². The molecule has 0 radical (unpaired) electrons. The Morgan fingerprint density at radius 1 is 0.216 bits per heavy atom. The van der Waals surface area contributed by atoms with Crippen molar-refractivity contribution in [1.29, 1.82) is 0 Å². The Morgan fingerprint density at radius 3 is 0.706 bits per heavy atom. The fourth-order valence-corrected chi connectivity index (χ4v) is 14.9. The third-order valence-corrected chi connectivity index (χ3v) is 19.3. The minimum atomic E-state index is -1.05. The molecule has 2 aliphatic heterocycles. The zero-order chi connectivity index (χ0) is 68.6. The standard InChI is InChI=1S/C94H62N4O4/c99-93(100)71-55-51-69(52-56-71)83-89-77(63-39-19-5-20-40-63)73(59-31-11-1-12-32-59)85(95-89)81(67-47-27-9-28-48-67)86-74(60-33-13-2-14-34-60)78(64-41-21-6-22-42-64)91(96-86)84(70-53-57-72(58-54-70)94(101)102)92-80(66-45-25-8-26-46-66)76(62-37-17-4-18-38-62)88(98-92)82(68-49-29-10-30-50-68)87-75(61-35-15-3-16-36-61)79(90(83)97-87)65-43-23-7-24-44-65/h1-58,95,98H,(H,99,100)(H,101,102). The maximum absolute atomic E-state index is 13.1. The molecule has 17 rings (SSSR count). The van der Waals surface area contributed by atoms with Gasteiger partial charge in [-0.05, 0) is 91.0 Å². The number of allylic oxidation sites excluding steroid dienone is 4. The zero-order valence-corrected chi connectivity index (χ0v) is 55.1. The molecule has 102 heavy (non-hydrogen) atoms. The van der Waals surface area contributed by atoms with E-state index in [1.165, 1.54) is 0 Å². The summed E-state index contributed by atoms with van der Waals surface area (Å²) in [7, 11) is 0. The molecular formula is C94H62N4O4. The van der Waals surface area contributed by atoms with Gasteiger partial charge in [0, 0.05) is 66.8 Å². The second kappa shape index (κ2) is 26.5. The number of fused-ring (bicyclic) bond motifs is 10. The molecule has 14 aromatic rings. The van der Waals surface area contributed by atoms with Crippen molar-refractivity contribution in [2.24, 2.45) is 9.98 Å². The average molecular weight is 1310 g/mol. The van der Waals surface area contributed by atoms with Crippen LogP contribution in [0.5, 0.6) is 0 Å². The SMILES string of the molecule is O=C(O)c1ccc(C2=C3N=C(C(c4ccccc4)=C3c3ccccc3)C(c3ccccc3)=c3[nH]c(c(-c4ccccc4)c3-c3ccccc3)=C(c3ccc(C(=O)O)cc3)C3=NC(=C(c4ccccc4)c4[nH]c2c(-c2ccccc2)c4-c2ccccc2)C(c2ccccc2)=C3c2ccccc2)cc1. The summed E-state index contributed by atoms with van der Waals surface area (Å²) in [5, 5.41) is 23.0. The molecule has 0 saturated heterocycles. The number of benzene rings is 12. The molecule has 8 heteroatoms. The van der Waals surface area contributed by atoms with Crippen LogP contribution in [0, 0.1) is 0 Å². The highest BCUT2D eigenvalue weighted by molar-refractivity contribution is 6.53. The maximum Gasteiger partial charge on any atom is 0.335 e. The van der Waals surface area contributed by atoms with Gasteiger partial charge in [-0.2, -0.15) is 0 Å². The number of aromatic carboxylic acids is 2. The van der Waals surface area contributed by atoms with Crippen LogP contribution in [-0.2, 0) is 0 Å². The van der Waals surface area contributed by atoms with Crippen LogP contribution in [0.25, 0.3) is 89.1 Å². The van der Waals surface area contributed by atoms with Crippen molar-refractivity contribution in [2.75, 3.05) is 0 Å². The van der Waals surface area contributed by atoms with Gasteiger partial charge in [0.25, 0.3) is 0 Å². The molecule has 4 heterocycles. The van der Waals surface area contributed by atoms with E-state index in [-0.39, 0.29) is 11.1 Å². The van der Waals surface area contributed by atoms with Crippen molar-refractivity contribution in [3.63, 3.8) is 0 Å². The summed E-state index contributed by atoms with van der Waals surface area (Å²) in [6, 6.07) is 120. The topological polar surface area (TPSA) is 131 Å². The number of rotatable bonds is 14. The highest BCUT2D eigenvalue weighted by Gasteiger charge is 2.39. The Hall–Kier alpha value is -13.8. The van der Waals surface area contributed by atoms with E-state index in [0.29, 0.717) is 45.1 Å². The van der Waals surface area contributed by atoms with E-state index in [4.69, 9.17) is 9.98 Å². The first-order valence-electron chi connectivity index (χ1n) is 34.0. The van der Waals surface area contributed by atoms with E-state index in [9.17, 15) is 19.8 Å². The van der Waals surface area contributed by atoms with Crippen molar-refractivity contribution in [3.05, 3.63) is 441 Å². The number of carbonyl (C=O) groups is 2. The summed E-state index contributed by atoms with van der Waals surface area (Å²) in [4.78, 5) is 47.8. The average Bonchev–Trinajstić information content (AvgIpc) is 1.55. The lowest BCUT2D eigenvalue weighted by molar-refractivity contribution is 0.0686. The molecular weight excluding hydrogens is 1250 g/mol. The van der Waals surface area contributed by atoms with Gasteiger partial charge >= 0.3 is 11.9 Å². The van der Waals surface area contributed by atoms with E-state index in [2.05, 4.69) is 253 Å². The van der Waals surface area contributed by atoms with E-state index in [1.54, 1.807) is 24.3 Å². The lowest BCUT2D eigenvalue weighted by Gasteiger charge is -2.17. The number of H-pyrrole nitrogens is 2. The molecule has 8 bridgehead atoms. The summed E-state index contributed by atoms with van der Waals surface area (Å²) in [5.41, 5.74) is 24.8. The van der Waals surface area contributed by atoms with Gasteiger partial charge in [0.05, 0.1) is 56.0 Å². The lowest BCUT2D eigenvalue weighted by atomic mass is 9.83. The third-order valence-electron chi connectivity index (χ3n) is 19.3. The molecule has 0 atom stereocenters. The number of aliphatic imine (C=N–C) groups is 2. The van der Waals surface area contributed by atoms with Gasteiger partial charge in [0.2, 0.25) is 0 Å². The first-order valence-corrected chi connectivity index (χ1v) is 34.0. The maximum atomic E-state index is 13.1. The van der Waals surface area contributed by atoms with Crippen LogP contribution in [0.2, 0.25) is 0 Å². The van der Waals surface area contributed by atoms with Crippen LogP contribution < -0.4 is 10.7 Å². The number of aromatic amines is 2. The van der Waals surface area contributed by atoms with Crippen molar-refractivity contribution in [1.82, 2.24) is 9.97 Å². The molecule has 0 fully saturated rings. The number of hydrogen-bond donors (Lipinski definition) is 4. The van der Waals surface area contributed by atoms with Gasteiger partial charge in [-0.1, -0.05) is 328 Å². The number of nitrogens with zero attached hydrogens (tertiary/aromatic N) is 2. The highest BCUT2D eigenvalue weighted by Crippen LogP contribution is 2.54. The largest absolute Gasteiger partial charge is 0.478 e. The van der Waals surface area contributed by atoms with Crippen molar-refractivity contribution >= 4 is 67.9 Å². The van der Waals surface area contributed by atoms with Gasteiger partial charge in [0.15, 0.2) is 0 Å². The second-order valence-electron chi connectivity index (χ2n) is 25.3. The summed E-state index contributed by atoms with van der Waals surface area (Å²) in [5.74, 6) is -2.09. The van der Waals surface area contributed by atoms with Gasteiger partial charge in [0.1, 0.15) is 0 Å². The molecule has 3 aliphatic rings. The molecule has 0 amide bonds. The predicted molar refractivity (Wildman–Crippen MR) is 414 cm³/mol. The Balaban J connectivity index is 1.24. The summed E-state index contributed by atoms with van der Waals surface area (Å²) < 4.78 is 0. The number of carboxylic acid groups (broad SMARTS) is 2. The summed E-state index contributed by atoms with van der Waals surface area (Å²) >= 11 is 0. The van der Waals surface area contributed by atoms with Gasteiger partial charge in [-0.15, -0.1) is 0 Å². The van der Waals surface area contributed by atoms with Gasteiger partial charge in [-0.25, -0.2) is 19.6 Å². The zero-order valence-electron chi connectivity index (χ0n) is 55.1. The normalized spacial score (nSPS) is 13.6. The highest BCUT2D eigenvalue weighted by atomic mass is 16.4. The first-order chi connectivity index (χ1) is 50.3. The number of carboxylic acids is 2. The Kier molecular flexibility index (Phi) is 16.1. The lowest BCUT2D eigenvalue weighted by Crippen LogP contribution is -2.24. The monoisotopic (exact) mass is 1310 g/mol. The van der Waals surface area contributed by atoms with Crippen LogP contribution in [0.3, 0.4) is 0 Å². The van der Waals surface area contributed by atoms with Crippen LogP contribution in [0.1, 0.15) is 76.6 Å². The molecule has 0 unspecified atom stereocenters. The number of hydrogen-bond acceptors (Lipinski definition) is 4. The van der Waals surface area contributed by atoms with E-state index in [0.717, 1.165) is 133 Å². The fourth-order valence-electron chi connectivity index (χ4n) is 14.9. The van der Waals surface area contributed by atoms with Crippen LogP contribution in [-0.4, -0.2) is 43.5 Å². The van der Waals surface area contributed by atoms with Gasteiger partial charge < -0.3 is 20.2 Å². The second-order valence-corrected chi connectivity index (χ2v) is 25.3. The quantitative estimate of drug-likeness (QED) is 0.0864. The molecule has 1 aliphatic carbocycles. The van der Waals surface area contributed by atoms with Crippen molar-refractivity contribution < 1.29 is 19.8 Å². The summed E-state index contributed by atoms with van der Waals surface area (Å²) in [6.07, 6.45) is 0.